The first kappa shape index (κ1) is 13.5. The average Bonchev–Trinajstić information content (AvgIpc) is 2.55. The van der Waals surface area contributed by atoms with E-state index in [1.165, 1.54) is 10.9 Å². The van der Waals surface area contributed by atoms with E-state index in [1.54, 1.807) is 13.3 Å². The van der Waals surface area contributed by atoms with Crippen molar-refractivity contribution in [1.82, 2.24) is 15.3 Å². The minimum absolute atomic E-state index is 0.676. The number of ether oxygens (including phenoxy) is 1. The standard InChI is InChI=1S/C17H17N3O/c1-21-17-16(3-2-7-20-17)12-19-10-13-4-5-15-11-18-8-6-14(15)9-13/h2-9,11,19H,10,12H2,1H3. The highest BCUT2D eigenvalue weighted by atomic mass is 16.5. The van der Waals surface area contributed by atoms with Crippen molar-refractivity contribution in [2.45, 2.75) is 13.1 Å². The molecule has 0 spiro atoms. The molecule has 2 aromatic heterocycles. The molecule has 0 atom stereocenters. The molecule has 106 valence electrons. The van der Waals surface area contributed by atoms with Gasteiger partial charge in [0, 0.05) is 42.6 Å². The summed E-state index contributed by atoms with van der Waals surface area (Å²) in [5.41, 5.74) is 2.31. The number of nitrogens with one attached hydrogen (secondary N) is 1. The summed E-state index contributed by atoms with van der Waals surface area (Å²) in [6.45, 7) is 1.53. The molecule has 0 radical (unpaired) electrons. The number of nitrogens with zero attached hydrogens (tertiary/aromatic N) is 2. The van der Waals surface area contributed by atoms with Crippen molar-refractivity contribution in [3.8, 4) is 5.88 Å². The van der Waals surface area contributed by atoms with Crippen LogP contribution in [0.2, 0.25) is 0 Å². The van der Waals surface area contributed by atoms with E-state index >= 15 is 0 Å². The van der Waals surface area contributed by atoms with Crippen LogP contribution >= 0.6 is 0 Å². The van der Waals surface area contributed by atoms with Crippen molar-refractivity contribution in [2.24, 2.45) is 0 Å². The van der Waals surface area contributed by atoms with E-state index < -0.39 is 0 Å². The number of methoxy groups -OCH3 is 1. The van der Waals surface area contributed by atoms with Crippen LogP contribution in [-0.4, -0.2) is 17.1 Å². The van der Waals surface area contributed by atoms with Crippen LogP contribution in [0, 0.1) is 0 Å². The number of fused-ring (bicyclic) bond motifs is 1. The molecule has 0 aliphatic carbocycles. The molecule has 0 amide bonds. The van der Waals surface area contributed by atoms with Gasteiger partial charge in [0.2, 0.25) is 5.88 Å². The van der Waals surface area contributed by atoms with Crippen molar-refractivity contribution in [1.29, 1.82) is 0 Å². The van der Waals surface area contributed by atoms with Crippen LogP contribution in [0.25, 0.3) is 10.8 Å². The molecule has 3 rings (SSSR count). The van der Waals surface area contributed by atoms with E-state index in [9.17, 15) is 0 Å². The maximum Gasteiger partial charge on any atom is 0.217 e. The molecule has 1 N–H and O–H groups in total. The normalized spacial score (nSPS) is 10.7. The van der Waals surface area contributed by atoms with Gasteiger partial charge in [-0.1, -0.05) is 18.2 Å². The molecule has 2 heterocycles. The van der Waals surface area contributed by atoms with E-state index in [4.69, 9.17) is 4.74 Å². The Hall–Kier alpha value is -2.46. The molecule has 0 bridgehead atoms. The SMILES string of the molecule is COc1ncccc1CNCc1ccc2cnccc2c1. The summed E-state index contributed by atoms with van der Waals surface area (Å²) < 4.78 is 5.25. The molecule has 3 aromatic rings. The maximum atomic E-state index is 5.25. The smallest absolute Gasteiger partial charge is 0.217 e. The summed E-state index contributed by atoms with van der Waals surface area (Å²) in [4.78, 5) is 8.32. The van der Waals surface area contributed by atoms with Crippen molar-refractivity contribution < 1.29 is 4.74 Å². The van der Waals surface area contributed by atoms with Crippen molar-refractivity contribution in [2.75, 3.05) is 7.11 Å². The fraction of sp³-hybridized carbons (Fsp3) is 0.176. The van der Waals surface area contributed by atoms with Gasteiger partial charge < -0.3 is 10.1 Å². The largest absolute Gasteiger partial charge is 0.481 e. The van der Waals surface area contributed by atoms with Gasteiger partial charge >= 0.3 is 0 Å². The Labute approximate surface area is 123 Å². The Bertz CT molecular complexity index is 743. The average molecular weight is 279 g/mol. The molecule has 0 unspecified atom stereocenters. The molecule has 21 heavy (non-hydrogen) atoms. The molecule has 0 fully saturated rings. The molecule has 0 saturated carbocycles. The highest BCUT2D eigenvalue weighted by Gasteiger charge is 2.03. The van der Waals surface area contributed by atoms with Gasteiger partial charge in [-0.05, 0) is 29.1 Å². The quantitative estimate of drug-likeness (QED) is 0.780. The zero-order valence-corrected chi connectivity index (χ0v) is 11.9. The summed E-state index contributed by atoms with van der Waals surface area (Å²) in [7, 11) is 1.64. The summed E-state index contributed by atoms with van der Waals surface area (Å²) >= 11 is 0. The molecule has 4 nitrogen and oxygen atoms in total. The van der Waals surface area contributed by atoms with Crippen molar-refractivity contribution >= 4 is 10.8 Å². The van der Waals surface area contributed by atoms with Gasteiger partial charge in [-0.25, -0.2) is 4.98 Å². The molecular formula is C17H17N3O. The summed E-state index contributed by atoms with van der Waals surface area (Å²) in [6, 6.07) is 12.4. The second kappa shape index (κ2) is 6.33. The number of hydrogen-bond donors (Lipinski definition) is 1. The first-order valence-electron chi connectivity index (χ1n) is 6.88. The lowest BCUT2D eigenvalue weighted by Crippen LogP contribution is -2.13. The van der Waals surface area contributed by atoms with E-state index in [0.717, 1.165) is 24.0 Å². The van der Waals surface area contributed by atoms with Crippen LogP contribution in [0.1, 0.15) is 11.1 Å². The second-order valence-corrected chi connectivity index (χ2v) is 4.83. The van der Waals surface area contributed by atoms with Crippen LogP contribution in [0.3, 0.4) is 0 Å². The first-order valence-corrected chi connectivity index (χ1v) is 6.88. The molecule has 4 heteroatoms. The third kappa shape index (κ3) is 3.17. The Morgan fingerprint density at radius 3 is 2.90 bits per heavy atom. The zero-order chi connectivity index (χ0) is 14.5. The third-order valence-corrected chi connectivity index (χ3v) is 3.39. The fourth-order valence-corrected chi connectivity index (χ4v) is 2.33. The summed E-state index contributed by atoms with van der Waals surface area (Å²) in [6.07, 6.45) is 5.44. The van der Waals surface area contributed by atoms with E-state index in [2.05, 4.69) is 33.5 Å². The van der Waals surface area contributed by atoms with Crippen LogP contribution in [0.15, 0.2) is 55.0 Å². The summed E-state index contributed by atoms with van der Waals surface area (Å²) in [5, 5.41) is 5.80. The van der Waals surface area contributed by atoms with Gasteiger partial charge in [-0.2, -0.15) is 0 Å². The number of pyridine rings is 2. The van der Waals surface area contributed by atoms with E-state index in [1.807, 2.05) is 30.6 Å². The molecule has 1 aromatic carbocycles. The maximum absolute atomic E-state index is 5.25. The van der Waals surface area contributed by atoms with Crippen LogP contribution in [0.4, 0.5) is 0 Å². The number of benzene rings is 1. The minimum atomic E-state index is 0.676. The number of aromatic nitrogens is 2. The molecule has 0 saturated heterocycles. The van der Waals surface area contributed by atoms with Crippen molar-refractivity contribution in [3.63, 3.8) is 0 Å². The van der Waals surface area contributed by atoms with Gasteiger partial charge in [-0.3, -0.25) is 4.98 Å². The Kier molecular flexibility index (Phi) is 4.07. The predicted octanol–water partition coefficient (Wildman–Crippen LogP) is 2.93. The predicted molar refractivity (Wildman–Crippen MR) is 83.1 cm³/mol. The van der Waals surface area contributed by atoms with Crippen LogP contribution in [-0.2, 0) is 13.1 Å². The van der Waals surface area contributed by atoms with Crippen LogP contribution in [0.5, 0.6) is 5.88 Å². The lowest BCUT2D eigenvalue weighted by atomic mass is 10.1. The van der Waals surface area contributed by atoms with Gasteiger partial charge in [0.1, 0.15) is 0 Å². The molecule has 0 aliphatic heterocycles. The Morgan fingerprint density at radius 2 is 2.00 bits per heavy atom. The minimum Gasteiger partial charge on any atom is -0.481 e. The van der Waals surface area contributed by atoms with Gasteiger partial charge in [0.25, 0.3) is 0 Å². The second-order valence-electron chi connectivity index (χ2n) is 4.83. The topological polar surface area (TPSA) is 47.0 Å². The van der Waals surface area contributed by atoms with Gasteiger partial charge in [0.05, 0.1) is 7.11 Å². The third-order valence-electron chi connectivity index (χ3n) is 3.39. The lowest BCUT2D eigenvalue weighted by molar-refractivity contribution is 0.390. The van der Waals surface area contributed by atoms with E-state index in [0.29, 0.717) is 5.88 Å². The first-order chi connectivity index (χ1) is 10.4. The molecule has 0 aliphatic rings. The van der Waals surface area contributed by atoms with E-state index in [-0.39, 0.29) is 0 Å². The monoisotopic (exact) mass is 279 g/mol. The number of rotatable bonds is 5. The number of hydrogen-bond acceptors (Lipinski definition) is 4. The highest BCUT2D eigenvalue weighted by molar-refractivity contribution is 5.81. The van der Waals surface area contributed by atoms with Gasteiger partial charge in [0.15, 0.2) is 0 Å². The Balaban J connectivity index is 1.66. The zero-order valence-electron chi connectivity index (χ0n) is 11.9. The molecular weight excluding hydrogens is 262 g/mol. The highest BCUT2D eigenvalue weighted by Crippen LogP contribution is 2.16. The van der Waals surface area contributed by atoms with Gasteiger partial charge in [-0.15, -0.1) is 0 Å². The Morgan fingerprint density at radius 1 is 1.05 bits per heavy atom. The summed E-state index contributed by atoms with van der Waals surface area (Å²) in [5.74, 6) is 0.676. The lowest BCUT2D eigenvalue weighted by Gasteiger charge is -2.09. The fourth-order valence-electron chi connectivity index (χ4n) is 2.33. The van der Waals surface area contributed by atoms with Crippen LogP contribution < -0.4 is 10.1 Å². The van der Waals surface area contributed by atoms with Crippen molar-refractivity contribution in [3.05, 3.63) is 66.1 Å².